The highest BCUT2D eigenvalue weighted by atomic mass is 32.2. The molecule has 2 atom stereocenters. The van der Waals surface area contributed by atoms with Gasteiger partial charge in [0.2, 0.25) is 5.91 Å². The third-order valence-electron chi connectivity index (χ3n) is 3.16. The Morgan fingerprint density at radius 1 is 1.50 bits per heavy atom. The first-order valence-electron chi connectivity index (χ1n) is 5.84. The highest BCUT2D eigenvalue weighted by molar-refractivity contribution is 7.84. The van der Waals surface area contributed by atoms with Gasteiger partial charge in [-0.2, -0.15) is 0 Å². The molecule has 4 nitrogen and oxygen atoms in total. The lowest BCUT2D eigenvalue weighted by atomic mass is 9.97. The number of nitrogens with one attached hydrogen (secondary N) is 1. The molecular weight excluding hydrogens is 224 g/mol. The number of carbonyl (C=O) groups excluding carboxylic acids is 1. The van der Waals surface area contributed by atoms with E-state index < -0.39 is 16.3 Å². The summed E-state index contributed by atoms with van der Waals surface area (Å²) in [6.45, 7) is 1.93. The monoisotopic (exact) mass is 246 g/mol. The van der Waals surface area contributed by atoms with E-state index in [0.29, 0.717) is 5.75 Å². The van der Waals surface area contributed by atoms with Gasteiger partial charge in [0.05, 0.1) is 5.54 Å². The van der Waals surface area contributed by atoms with Gasteiger partial charge in [0, 0.05) is 28.9 Å². The molecule has 0 aromatic carbocycles. The second-order valence-corrected chi connectivity index (χ2v) is 6.36. The van der Waals surface area contributed by atoms with E-state index in [9.17, 15) is 9.00 Å². The van der Waals surface area contributed by atoms with Gasteiger partial charge in [-0.25, -0.2) is 0 Å². The van der Waals surface area contributed by atoms with Crippen LogP contribution >= 0.6 is 0 Å². The van der Waals surface area contributed by atoms with Gasteiger partial charge in [-0.15, -0.1) is 0 Å². The molecule has 0 heterocycles. The largest absolute Gasteiger partial charge is 0.352 e. The molecule has 5 heteroatoms. The van der Waals surface area contributed by atoms with Crippen LogP contribution in [-0.4, -0.2) is 33.7 Å². The van der Waals surface area contributed by atoms with Gasteiger partial charge < -0.3 is 11.1 Å². The van der Waals surface area contributed by atoms with Crippen molar-refractivity contribution in [3.8, 4) is 0 Å². The zero-order valence-corrected chi connectivity index (χ0v) is 10.9. The van der Waals surface area contributed by atoms with Crippen molar-refractivity contribution in [3.05, 3.63) is 0 Å². The van der Waals surface area contributed by atoms with E-state index in [-0.39, 0.29) is 11.9 Å². The van der Waals surface area contributed by atoms with Gasteiger partial charge in [-0.3, -0.25) is 9.00 Å². The molecule has 16 heavy (non-hydrogen) atoms. The Hall–Kier alpha value is -0.420. The first-order valence-corrected chi connectivity index (χ1v) is 7.56. The van der Waals surface area contributed by atoms with Crippen LogP contribution in [0.1, 0.15) is 39.0 Å². The van der Waals surface area contributed by atoms with Crippen LogP contribution in [0, 0.1) is 0 Å². The van der Waals surface area contributed by atoms with Gasteiger partial charge in [0.25, 0.3) is 0 Å². The quantitative estimate of drug-likeness (QED) is 0.743. The minimum Gasteiger partial charge on any atom is -0.352 e. The fourth-order valence-electron chi connectivity index (χ4n) is 2.02. The summed E-state index contributed by atoms with van der Waals surface area (Å²) in [4.78, 5) is 11.9. The van der Waals surface area contributed by atoms with Gasteiger partial charge >= 0.3 is 0 Å². The third-order valence-corrected chi connectivity index (χ3v) is 3.97. The van der Waals surface area contributed by atoms with E-state index in [1.165, 1.54) is 0 Å². The molecule has 0 radical (unpaired) electrons. The Morgan fingerprint density at radius 3 is 2.56 bits per heavy atom. The predicted molar refractivity (Wildman–Crippen MR) is 66.5 cm³/mol. The molecule has 94 valence electrons. The van der Waals surface area contributed by atoms with E-state index in [1.54, 1.807) is 6.26 Å². The molecule has 0 bridgehead atoms. The van der Waals surface area contributed by atoms with Crippen LogP contribution in [-0.2, 0) is 15.6 Å². The molecule has 1 saturated carbocycles. The Kier molecular flexibility index (Phi) is 4.92. The number of nitrogens with two attached hydrogens (primary N) is 1. The van der Waals surface area contributed by atoms with E-state index in [2.05, 4.69) is 5.32 Å². The summed E-state index contributed by atoms with van der Waals surface area (Å²) in [6.07, 6.45) is 6.06. The van der Waals surface area contributed by atoms with E-state index in [0.717, 1.165) is 32.1 Å². The summed E-state index contributed by atoms with van der Waals surface area (Å²) in [7, 11) is -0.796. The highest BCUT2D eigenvalue weighted by Gasteiger charge is 2.37. The summed E-state index contributed by atoms with van der Waals surface area (Å²) in [6, 6.07) is 0.0532. The first-order chi connectivity index (χ1) is 7.44. The second-order valence-electron chi connectivity index (χ2n) is 4.80. The molecule has 0 aliphatic heterocycles. The summed E-state index contributed by atoms with van der Waals surface area (Å²) < 4.78 is 10.9. The van der Waals surface area contributed by atoms with E-state index in [4.69, 9.17) is 5.73 Å². The summed E-state index contributed by atoms with van der Waals surface area (Å²) >= 11 is 0. The minimum absolute atomic E-state index is 0.0422. The maximum atomic E-state index is 11.9. The molecule has 1 aliphatic carbocycles. The van der Waals surface area contributed by atoms with Crippen LogP contribution in [0.4, 0.5) is 0 Å². The lowest BCUT2D eigenvalue weighted by molar-refractivity contribution is -0.126. The zero-order valence-electron chi connectivity index (χ0n) is 10.1. The molecule has 0 aromatic rings. The lowest BCUT2D eigenvalue weighted by Gasteiger charge is -2.25. The van der Waals surface area contributed by atoms with Crippen molar-refractivity contribution in [1.29, 1.82) is 0 Å². The SMILES string of the molecule is CC(CCS(C)=O)NC(=O)C1(N)CCCC1. The molecule has 2 unspecified atom stereocenters. The van der Waals surface area contributed by atoms with Crippen LogP contribution in [0.5, 0.6) is 0 Å². The lowest BCUT2D eigenvalue weighted by Crippen LogP contribution is -2.54. The maximum Gasteiger partial charge on any atom is 0.240 e. The summed E-state index contributed by atoms with van der Waals surface area (Å²) in [5, 5.41) is 2.92. The van der Waals surface area contributed by atoms with Crippen molar-refractivity contribution in [2.24, 2.45) is 5.73 Å². The van der Waals surface area contributed by atoms with E-state index >= 15 is 0 Å². The topological polar surface area (TPSA) is 72.2 Å². The fraction of sp³-hybridized carbons (Fsp3) is 0.909. The number of amides is 1. The average molecular weight is 246 g/mol. The molecule has 0 aromatic heterocycles. The highest BCUT2D eigenvalue weighted by Crippen LogP contribution is 2.27. The van der Waals surface area contributed by atoms with Crippen LogP contribution in [0.3, 0.4) is 0 Å². The molecule has 1 rings (SSSR count). The minimum atomic E-state index is -0.796. The Morgan fingerprint density at radius 2 is 2.06 bits per heavy atom. The first kappa shape index (κ1) is 13.6. The Balaban J connectivity index is 2.35. The smallest absolute Gasteiger partial charge is 0.240 e. The van der Waals surface area contributed by atoms with Gasteiger partial charge in [0.15, 0.2) is 0 Å². The molecule has 3 N–H and O–H groups in total. The molecular formula is C11H22N2O2S. The van der Waals surface area contributed by atoms with Crippen molar-refractivity contribution < 1.29 is 9.00 Å². The molecule has 0 spiro atoms. The van der Waals surface area contributed by atoms with Gasteiger partial charge in [0.1, 0.15) is 0 Å². The van der Waals surface area contributed by atoms with Crippen molar-refractivity contribution in [1.82, 2.24) is 5.32 Å². The van der Waals surface area contributed by atoms with Crippen LogP contribution in [0.15, 0.2) is 0 Å². The zero-order chi connectivity index (χ0) is 12.2. The number of carbonyl (C=O) groups is 1. The Bertz CT molecular complexity index is 275. The molecule has 0 saturated heterocycles. The van der Waals surface area contributed by atoms with Gasteiger partial charge in [-0.05, 0) is 26.2 Å². The van der Waals surface area contributed by atoms with Crippen LogP contribution in [0.25, 0.3) is 0 Å². The average Bonchev–Trinajstić information content (AvgIpc) is 2.63. The van der Waals surface area contributed by atoms with Crippen LogP contribution in [0.2, 0.25) is 0 Å². The van der Waals surface area contributed by atoms with Gasteiger partial charge in [-0.1, -0.05) is 12.8 Å². The third kappa shape index (κ3) is 3.87. The Labute approximate surface area is 99.8 Å². The van der Waals surface area contributed by atoms with Crippen molar-refractivity contribution in [2.45, 2.75) is 50.6 Å². The van der Waals surface area contributed by atoms with Crippen molar-refractivity contribution in [3.63, 3.8) is 0 Å². The maximum absolute atomic E-state index is 11.9. The number of hydrogen-bond acceptors (Lipinski definition) is 3. The number of rotatable bonds is 5. The number of hydrogen-bond donors (Lipinski definition) is 2. The van der Waals surface area contributed by atoms with E-state index in [1.807, 2.05) is 6.92 Å². The van der Waals surface area contributed by atoms with Crippen molar-refractivity contribution in [2.75, 3.05) is 12.0 Å². The normalized spacial score (nSPS) is 22.7. The standard InChI is InChI=1S/C11H22N2O2S/c1-9(5-8-16(2)15)13-10(14)11(12)6-3-4-7-11/h9H,3-8,12H2,1-2H3,(H,13,14). The van der Waals surface area contributed by atoms with Crippen LogP contribution < -0.4 is 11.1 Å². The molecule has 1 aliphatic rings. The summed E-state index contributed by atoms with van der Waals surface area (Å²) in [5.74, 6) is 0.582. The second kappa shape index (κ2) is 5.77. The molecule has 1 fully saturated rings. The molecule has 1 amide bonds. The summed E-state index contributed by atoms with van der Waals surface area (Å²) in [5.41, 5.74) is 5.38. The predicted octanol–water partition coefficient (Wildman–Crippen LogP) is 0.531. The van der Waals surface area contributed by atoms with Crippen molar-refractivity contribution >= 4 is 16.7 Å². The fourth-order valence-corrected chi connectivity index (χ4v) is 2.70.